The summed E-state index contributed by atoms with van der Waals surface area (Å²) in [6, 6.07) is 7.86. The molecule has 168 valence electrons. The number of hydrogen-bond acceptors (Lipinski definition) is 7. The highest BCUT2D eigenvalue weighted by molar-refractivity contribution is 5.96. The third kappa shape index (κ3) is 3.51. The summed E-state index contributed by atoms with van der Waals surface area (Å²) in [6.07, 6.45) is 0. The number of nitrogens with one attached hydrogen (secondary N) is 1. The molecular weight excluding hydrogens is 406 g/mol. The molecule has 0 bridgehead atoms. The molecule has 0 amide bonds. The molecule has 2 aliphatic heterocycles. The lowest BCUT2D eigenvalue weighted by atomic mass is 10.1. The summed E-state index contributed by atoms with van der Waals surface area (Å²) in [5.74, 6) is 2.86. The highest BCUT2D eigenvalue weighted by atomic mass is 16.5. The summed E-state index contributed by atoms with van der Waals surface area (Å²) >= 11 is 0. The first kappa shape index (κ1) is 20.8. The zero-order chi connectivity index (χ0) is 22.5. The highest BCUT2D eigenvalue weighted by Crippen LogP contribution is 2.35. The van der Waals surface area contributed by atoms with Crippen molar-refractivity contribution >= 4 is 22.8 Å². The molecule has 0 saturated carbocycles. The van der Waals surface area contributed by atoms with Crippen LogP contribution in [0.4, 0.5) is 5.82 Å². The molecule has 4 heterocycles. The number of hydrogen-bond donors (Lipinski definition) is 1. The smallest absolute Gasteiger partial charge is 0.166 e. The zero-order valence-electron chi connectivity index (χ0n) is 19.1. The van der Waals surface area contributed by atoms with Crippen molar-refractivity contribution in [1.82, 2.24) is 24.4 Å². The van der Waals surface area contributed by atoms with E-state index in [4.69, 9.17) is 29.8 Å². The van der Waals surface area contributed by atoms with Crippen LogP contribution in [-0.2, 0) is 21.6 Å². The first-order valence-electron chi connectivity index (χ1n) is 11.0. The molecule has 3 aromatic rings. The van der Waals surface area contributed by atoms with Crippen molar-refractivity contribution in [2.45, 2.75) is 26.0 Å². The van der Waals surface area contributed by atoms with E-state index in [-0.39, 0.29) is 0 Å². The number of aromatic nitrogens is 4. The maximum absolute atomic E-state index is 8.21. The fourth-order valence-electron chi connectivity index (χ4n) is 4.27. The normalized spacial score (nSPS) is 17.9. The van der Waals surface area contributed by atoms with E-state index in [1.54, 1.807) is 4.90 Å². The predicted molar refractivity (Wildman–Crippen MR) is 123 cm³/mol. The number of fused-ring (bicyclic) bond motifs is 3. The number of rotatable bonds is 3. The third-order valence-corrected chi connectivity index (χ3v) is 6.07. The fraction of sp³-hybridized carbons (Fsp3) is 0.478. The lowest BCUT2D eigenvalue weighted by molar-refractivity contribution is -0.0530. The van der Waals surface area contributed by atoms with E-state index in [0.717, 1.165) is 47.0 Å². The van der Waals surface area contributed by atoms with Gasteiger partial charge in [-0.25, -0.2) is 15.0 Å². The van der Waals surface area contributed by atoms with Crippen LogP contribution >= 0.6 is 0 Å². The molecule has 0 spiro atoms. The van der Waals surface area contributed by atoms with Gasteiger partial charge in [0.15, 0.2) is 22.8 Å². The summed E-state index contributed by atoms with van der Waals surface area (Å²) in [4.78, 5) is 18.9. The van der Waals surface area contributed by atoms with Crippen molar-refractivity contribution in [2.75, 3.05) is 51.9 Å². The number of benzene rings is 1. The minimum Gasteiger partial charge on any atom is -0.378 e. The highest BCUT2D eigenvalue weighted by Gasteiger charge is 2.34. The van der Waals surface area contributed by atoms with Gasteiger partial charge in [0.2, 0.25) is 0 Å². The lowest BCUT2D eigenvalue weighted by Gasteiger charge is -2.30. The van der Waals surface area contributed by atoms with E-state index >= 15 is 0 Å². The van der Waals surface area contributed by atoms with Crippen LogP contribution in [0.2, 0.25) is 0 Å². The van der Waals surface area contributed by atoms with Crippen LogP contribution in [0.1, 0.15) is 25.2 Å². The van der Waals surface area contributed by atoms with Crippen LogP contribution < -0.4 is 4.90 Å². The molecule has 0 radical (unpaired) electrons. The molecule has 9 heteroatoms. The van der Waals surface area contributed by atoms with Gasteiger partial charge in [-0.1, -0.05) is 24.3 Å². The van der Waals surface area contributed by atoms with E-state index in [1.807, 2.05) is 52.2 Å². The second kappa shape index (κ2) is 7.83. The molecule has 0 aliphatic carbocycles. The second-order valence-corrected chi connectivity index (χ2v) is 8.91. The average Bonchev–Trinajstić information content (AvgIpc) is 3.19. The minimum absolute atomic E-state index is 0.467. The molecule has 2 aromatic heterocycles. The Kier molecular flexibility index (Phi) is 5.10. The monoisotopic (exact) mass is 435 g/mol. The van der Waals surface area contributed by atoms with E-state index < -0.39 is 5.60 Å². The van der Waals surface area contributed by atoms with E-state index in [9.17, 15) is 0 Å². The summed E-state index contributed by atoms with van der Waals surface area (Å²) in [7, 11) is 3.74. The Morgan fingerprint density at radius 2 is 1.72 bits per heavy atom. The summed E-state index contributed by atoms with van der Waals surface area (Å²) in [5, 5.41) is 8.21. The van der Waals surface area contributed by atoms with Gasteiger partial charge >= 0.3 is 0 Å². The summed E-state index contributed by atoms with van der Waals surface area (Å²) in [5.41, 5.74) is 2.95. The number of morpholine rings is 1. The lowest BCUT2D eigenvalue weighted by Crippen LogP contribution is -2.37. The van der Waals surface area contributed by atoms with Gasteiger partial charge in [-0.2, -0.15) is 0 Å². The number of amidine groups is 1. The van der Waals surface area contributed by atoms with Gasteiger partial charge in [-0.05, 0) is 13.8 Å². The van der Waals surface area contributed by atoms with Crippen molar-refractivity contribution in [3.63, 3.8) is 0 Å². The Balaban J connectivity index is 1.66. The molecule has 9 nitrogen and oxygen atoms in total. The maximum Gasteiger partial charge on any atom is 0.166 e. The Hall–Kier alpha value is -3.04. The largest absolute Gasteiger partial charge is 0.378 e. The topological polar surface area (TPSA) is 92.4 Å². The Bertz CT molecular complexity index is 1160. The average molecular weight is 436 g/mol. The van der Waals surface area contributed by atoms with Crippen molar-refractivity contribution in [1.29, 1.82) is 5.41 Å². The van der Waals surface area contributed by atoms with Crippen molar-refractivity contribution in [3.05, 3.63) is 35.7 Å². The number of anilines is 1. The molecular formula is C23H29N7O2. The predicted octanol–water partition coefficient (Wildman–Crippen LogP) is 2.48. The van der Waals surface area contributed by atoms with E-state index in [1.165, 1.54) is 0 Å². The van der Waals surface area contributed by atoms with Gasteiger partial charge < -0.3 is 23.8 Å². The van der Waals surface area contributed by atoms with Gasteiger partial charge in [0.05, 0.1) is 19.8 Å². The van der Waals surface area contributed by atoms with Crippen LogP contribution in [0, 0.1) is 5.41 Å². The van der Waals surface area contributed by atoms with Crippen molar-refractivity contribution in [2.24, 2.45) is 0 Å². The SMILES string of the molecule is CN(C)C(=N)c1ccc(-c2nc(N3CCOCC3)c3nc4n(c3n2)CCOC4(C)C)cc1. The quantitative estimate of drug-likeness (QED) is 0.499. The molecule has 5 rings (SSSR count). The van der Waals surface area contributed by atoms with Crippen LogP contribution in [0.15, 0.2) is 24.3 Å². The summed E-state index contributed by atoms with van der Waals surface area (Å²) < 4.78 is 13.7. The first-order valence-corrected chi connectivity index (χ1v) is 11.0. The van der Waals surface area contributed by atoms with Gasteiger partial charge in [-0.3, -0.25) is 5.41 Å². The second-order valence-electron chi connectivity index (χ2n) is 8.91. The van der Waals surface area contributed by atoms with Crippen LogP contribution in [-0.4, -0.2) is 77.3 Å². The first-order chi connectivity index (χ1) is 15.3. The zero-order valence-corrected chi connectivity index (χ0v) is 19.1. The molecule has 32 heavy (non-hydrogen) atoms. The Morgan fingerprint density at radius 3 is 2.41 bits per heavy atom. The van der Waals surface area contributed by atoms with Crippen molar-refractivity contribution < 1.29 is 9.47 Å². The maximum atomic E-state index is 8.21. The fourth-order valence-corrected chi connectivity index (χ4v) is 4.27. The molecule has 2 aliphatic rings. The van der Waals surface area contributed by atoms with Crippen molar-refractivity contribution in [3.8, 4) is 11.4 Å². The molecule has 1 aromatic carbocycles. The number of imidazole rings is 1. The molecule has 0 atom stereocenters. The van der Waals surface area contributed by atoms with Crippen LogP contribution in [0.25, 0.3) is 22.6 Å². The Labute approximate surface area is 187 Å². The van der Waals surface area contributed by atoms with Gasteiger partial charge in [0, 0.05) is 44.9 Å². The molecule has 1 saturated heterocycles. The molecule has 0 unspecified atom stereocenters. The summed E-state index contributed by atoms with van der Waals surface area (Å²) in [6.45, 7) is 8.32. The van der Waals surface area contributed by atoms with Gasteiger partial charge in [0.25, 0.3) is 0 Å². The van der Waals surface area contributed by atoms with Crippen LogP contribution in [0.3, 0.4) is 0 Å². The van der Waals surface area contributed by atoms with Gasteiger partial charge in [0.1, 0.15) is 17.3 Å². The third-order valence-electron chi connectivity index (χ3n) is 6.07. The number of nitrogens with zero attached hydrogens (tertiary/aromatic N) is 6. The Morgan fingerprint density at radius 1 is 1.00 bits per heavy atom. The number of ether oxygens (including phenoxy) is 2. The van der Waals surface area contributed by atoms with Gasteiger partial charge in [-0.15, -0.1) is 0 Å². The van der Waals surface area contributed by atoms with E-state index in [2.05, 4.69) is 9.47 Å². The van der Waals surface area contributed by atoms with E-state index in [0.29, 0.717) is 38.0 Å². The van der Waals surface area contributed by atoms with Crippen LogP contribution in [0.5, 0.6) is 0 Å². The molecule has 1 N–H and O–H groups in total. The standard InChI is InChI=1S/C23H29N7O2/c1-23(2)22-25-17-20(29-9-12-31-13-10-29)26-19(27-21(17)30(22)11-14-32-23)16-7-5-15(6-8-16)18(24)28(3)4/h5-8,24H,9-14H2,1-4H3. The minimum atomic E-state index is -0.477. The molecule has 1 fully saturated rings.